The number of benzene rings is 1. The van der Waals surface area contributed by atoms with Crippen LogP contribution in [0, 0.1) is 17.8 Å². The molecular weight excluding hydrogens is 324 g/mol. The van der Waals surface area contributed by atoms with Crippen molar-refractivity contribution < 1.29 is 9.59 Å². The first-order valence-electron chi connectivity index (χ1n) is 10.1. The number of fused-ring (bicyclic) bond motifs is 3. The fraction of sp³-hybridized carbons (Fsp3) is 0.636. The van der Waals surface area contributed by atoms with Crippen LogP contribution in [0.2, 0.25) is 0 Å². The van der Waals surface area contributed by atoms with Crippen molar-refractivity contribution in [3.8, 4) is 0 Å². The van der Waals surface area contributed by atoms with Gasteiger partial charge in [0, 0.05) is 36.0 Å². The second kappa shape index (κ2) is 7.15. The molecule has 0 aromatic heterocycles. The minimum atomic E-state index is 0.0128. The van der Waals surface area contributed by atoms with Gasteiger partial charge >= 0.3 is 0 Å². The maximum Gasteiger partial charge on any atom is 0.230 e. The summed E-state index contributed by atoms with van der Waals surface area (Å²) < 4.78 is 0. The Balaban J connectivity index is 1.62. The second-order valence-electron chi connectivity index (χ2n) is 8.69. The molecule has 1 aromatic rings. The molecule has 4 nitrogen and oxygen atoms in total. The van der Waals surface area contributed by atoms with E-state index in [2.05, 4.69) is 42.1 Å². The molecule has 3 aliphatic rings. The molecule has 0 N–H and O–H groups in total. The molecule has 4 heteroatoms. The van der Waals surface area contributed by atoms with Gasteiger partial charge in [0.15, 0.2) is 0 Å². The van der Waals surface area contributed by atoms with Crippen LogP contribution in [0.4, 0.5) is 5.69 Å². The number of rotatable bonds is 3. The summed E-state index contributed by atoms with van der Waals surface area (Å²) in [5.41, 5.74) is 2.38. The molecule has 140 valence electrons. The molecule has 26 heavy (non-hydrogen) atoms. The van der Waals surface area contributed by atoms with Crippen molar-refractivity contribution in [3.63, 3.8) is 0 Å². The van der Waals surface area contributed by atoms with Crippen molar-refractivity contribution in [2.45, 2.75) is 51.0 Å². The van der Waals surface area contributed by atoms with E-state index >= 15 is 0 Å². The van der Waals surface area contributed by atoms with Crippen molar-refractivity contribution in [1.82, 2.24) is 4.90 Å². The number of para-hydroxylation sites is 1. The average Bonchev–Trinajstić information content (AvgIpc) is 2.60. The molecule has 4 rings (SSSR count). The maximum atomic E-state index is 13.6. The number of amides is 1. The number of hydrogen-bond acceptors (Lipinski definition) is 3. The zero-order valence-corrected chi connectivity index (χ0v) is 16.0. The summed E-state index contributed by atoms with van der Waals surface area (Å²) in [6.45, 7) is 0.887. The van der Waals surface area contributed by atoms with E-state index in [1.807, 2.05) is 6.07 Å². The highest BCUT2D eigenvalue weighted by Crippen LogP contribution is 2.42. The molecule has 2 bridgehead atoms. The Morgan fingerprint density at radius 3 is 2.50 bits per heavy atom. The summed E-state index contributed by atoms with van der Waals surface area (Å²) in [6.07, 6.45) is 6.70. The van der Waals surface area contributed by atoms with E-state index in [0.717, 1.165) is 57.2 Å². The van der Waals surface area contributed by atoms with Gasteiger partial charge in [-0.3, -0.25) is 9.59 Å². The number of hydrogen-bond donors (Lipinski definition) is 0. The molecular formula is C22H30N2O2. The number of likely N-dealkylation sites (N-methyl/N-ethyl adjacent to an activating group) is 1. The fourth-order valence-electron chi connectivity index (χ4n) is 5.38. The third-order valence-electron chi connectivity index (χ3n) is 6.57. The first kappa shape index (κ1) is 17.7. The summed E-state index contributed by atoms with van der Waals surface area (Å²) >= 11 is 0. The van der Waals surface area contributed by atoms with Crippen LogP contribution < -0.4 is 4.90 Å². The van der Waals surface area contributed by atoms with Crippen molar-refractivity contribution in [2.75, 3.05) is 25.5 Å². The van der Waals surface area contributed by atoms with Crippen LogP contribution in [0.15, 0.2) is 24.3 Å². The van der Waals surface area contributed by atoms with Gasteiger partial charge in [-0.25, -0.2) is 0 Å². The standard InChI is InChI=1S/C22H30N2O2/c1-23(2)14-19-11-10-15-6-3-4-9-20(15)24(19)22(26)18-12-16-7-5-8-17(13-18)21(16)25/h3-4,6,9,16-19H,5,7-8,10-14H2,1-2H3. The van der Waals surface area contributed by atoms with E-state index in [4.69, 9.17) is 0 Å². The molecule has 0 saturated heterocycles. The van der Waals surface area contributed by atoms with Gasteiger partial charge in [0.1, 0.15) is 5.78 Å². The zero-order valence-electron chi connectivity index (χ0n) is 16.0. The van der Waals surface area contributed by atoms with E-state index in [9.17, 15) is 9.59 Å². The molecule has 0 spiro atoms. The molecule has 2 saturated carbocycles. The van der Waals surface area contributed by atoms with Gasteiger partial charge in [-0.15, -0.1) is 0 Å². The maximum absolute atomic E-state index is 13.6. The number of nitrogens with zero attached hydrogens (tertiary/aromatic N) is 2. The molecule has 1 aliphatic heterocycles. The lowest BCUT2D eigenvalue weighted by atomic mass is 9.66. The normalized spacial score (nSPS) is 31.0. The fourth-order valence-corrected chi connectivity index (χ4v) is 5.38. The van der Waals surface area contributed by atoms with E-state index in [1.165, 1.54) is 5.56 Å². The Labute approximate surface area is 156 Å². The van der Waals surface area contributed by atoms with Gasteiger partial charge in [0.05, 0.1) is 0 Å². The third-order valence-corrected chi connectivity index (χ3v) is 6.57. The number of carbonyl (C=O) groups excluding carboxylic acids is 2. The van der Waals surface area contributed by atoms with Crippen LogP contribution in [0.3, 0.4) is 0 Å². The first-order valence-corrected chi connectivity index (χ1v) is 10.1. The third kappa shape index (κ3) is 3.20. The van der Waals surface area contributed by atoms with E-state index in [-0.39, 0.29) is 29.7 Å². The Bertz CT molecular complexity index is 683. The van der Waals surface area contributed by atoms with E-state index in [1.54, 1.807) is 0 Å². The van der Waals surface area contributed by atoms with E-state index < -0.39 is 0 Å². The van der Waals surface area contributed by atoms with Crippen LogP contribution in [-0.4, -0.2) is 43.3 Å². The summed E-state index contributed by atoms with van der Waals surface area (Å²) in [6, 6.07) is 8.59. The van der Waals surface area contributed by atoms with Gasteiger partial charge in [-0.2, -0.15) is 0 Å². The van der Waals surface area contributed by atoms with Crippen LogP contribution in [0.25, 0.3) is 0 Å². The molecule has 0 radical (unpaired) electrons. The molecule has 2 fully saturated rings. The van der Waals surface area contributed by atoms with E-state index in [0.29, 0.717) is 5.78 Å². The Kier molecular flexibility index (Phi) is 4.87. The predicted octanol–water partition coefficient (Wildman–Crippen LogP) is 3.29. The van der Waals surface area contributed by atoms with Gasteiger partial charge in [0.2, 0.25) is 5.91 Å². The Morgan fingerprint density at radius 2 is 1.81 bits per heavy atom. The van der Waals surface area contributed by atoms with Crippen LogP contribution in [-0.2, 0) is 16.0 Å². The topological polar surface area (TPSA) is 40.6 Å². The SMILES string of the molecule is CN(C)CC1CCc2ccccc2N1C(=O)C1CC2CCCC(C1)C2=O. The smallest absolute Gasteiger partial charge is 0.230 e. The minimum Gasteiger partial charge on any atom is -0.308 e. The van der Waals surface area contributed by atoms with Gasteiger partial charge < -0.3 is 9.80 Å². The minimum absolute atomic E-state index is 0.0128. The summed E-state index contributed by atoms with van der Waals surface area (Å²) in [7, 11) is 4.15. The number of ketones is 1. The van der Waals surface area contributed by atoms with Gasteiger partial charge in [-0.1, -0.05) is 24.6 Å². The lowest BCUT2D eigenvalue weighted by Gasteiger charge is -2.43. The number of carbonyl (C=O) groups is 2. The highest BCUT2D eigenvalue weighted by molar-refractivity contribution is 5.98. The highest BCUT2D eigenvalue weighted by Gasteiger charge is 2.44. The van der Waals surface area contributed by atoms with Gasteiger partial charge in [-0.05, 0) is 64.3 Å². The zero-order chi connectivity index (χ0) is 18.3. The summed E-state index contributed by atoms with van der Waals surface area (Å²) in [4.78, 5) is 30.3. The summed E-state index contributed by atoms with van der Waals surface area (Å²) in [5.74, 6) is 0.962. The predicted molar refractivity (Wildman–Crippen MR) is 103 cm³/mol. The number of anilines is 1. The van der Waals surface area contributed by atoms with Crippen LogP contribution in [0.1, 0.15) is 44.1 Å². The Morgan fingerprint density at radius 1 is 1.12 bits per heavy atom. The number of aryl methyl sites for hydroxylation is 1. The average molecular weight is 354 g/mol. The quantitative estimate of drug-likeness (QED) is 0.836. The molecule has 2 aliphatic carbocycles. The second-order valence-corrected chi connectivity index (χ2v) is 8.69. The van der Waals surface area contributed by atoms with Crippen molar-refractivity contribution >= 4 is 17.4 Å². The number of Topliss-reactive ketones (excluding diaryl/α,β-unsaturated/α-hetero) is 1. The molecule has 3 unspecified atom stereocenters. The van der Waals surface area contributed by atoms with Crippen LogP contribution >= 0.6 is 0 Å². The summed E-state index contributed by atoms with van der Waals surface area (Å²) in [5, 5.41) is 0. The first-order chi connectivity index (χ1) is 12.5. The molecule has 3 atom stereocenters. The molecule has 1 aromatic carbocycles. The van der Waals surface area contributed by atoms with Crippen molar-refractivity contribution in [3.05, 3.63) is 29.8 Å². The van der Waals surface area contributed by atoms with Crippen molar-refractivity contribution in [1.29, 1.82) is 0 Å². The van der Waals surface area contributed by atoms with Gasteiger partial charge in [0.25, 0.3) is 0 Å². The largest absolute Gasteiger partial charge is 0.308 e. The molecule has 1 heterocycles. The molecule has 1 amide bonds. The highest BCUT2D eigenvalue weighted by atomic mass is 16.2. The van der Waals surface area contributed by atoms with Crippen molar-refractivity contribution in [2.24, 2.45) is 17.8 Å². The van der Waals surface area contributed by atoms with Crippen LogP contribution in [0.5, 0.6) is 0 Å². The Hall–Kier alpha value is -1.68. The monoisotopic (exact) mass is 354 g/mol. The lowest BCUT2D eigenvalue weighted by molar-refractivity contribution is -0.137. The lowest BCUT2D eigenvalue weighted by Crippen LogP contribution is -2.52.